The van der Waals surface area contributed by atoms with Gasteiger partial charge in [-0.1, -0.05) is 13.8 Å². The van der Waals surface area contributed by atoms with E-state index in [2.05, 4.69) is 28.7 Å². The molecule has 0 amide bonds. The second-order valence-electron chi connectivity index (χ2n) is 6.87. The third kappa shape index (κ3) is 2.32. The van der Waals surface area contributed by atoms with Crippen molar-refractivity contribution in [1.82, 2.24) is 9.97 Å². The first kappa shape index (κ1) is 13.5. The first-order valence-electron chi connectivity index (χ1n) is 7.72. The largest absolute Gasteiger partial charge is 0.376 e. The summed E-state index contributed by atoms with van der Waals surface area (Å²) in [5, 5.41) is 1.29. The van der Waals surface area contributed by atoms with Gasteiger partial charge in [-0.15, -0.1) is 11.3 Å². The molecular weight excluding hydrogens is 282 g/mol. The topological polar surface area (TPSA) is 38.2 Å². The van der Waals surface area contributed by atoms with E-state index in [4.69, 9.17) is 4.74 Å². The van der Waals surface area contributed by atoms with E-state index in [1.54, 1.807) is 17.7 Å². The van der Waals surface area contributed by atoms with Crippen LogP contribution in [-0.2, 0) is 17.8 Å². The Kier molecular flexibility index (Phi) is 3.15. The van der Waals surface area contributed by atoms with Gasteiger partial charge >= 0.3 is 0 Å². The molecule has 4 nitrogen and oxygen atoms in total. The Morgan fingerprint density at radius 2 is 2.24 bits per heavy atom. The molecule has 0 saturated carbocycles. The average Bonchev–Trinajstić information content (AvgIpc) is 2.84. The smallest absolute Gasteiger partial charge is 0.141 e. The zero-order chi connectivity index (χ0) is 14.4. The molecule has 0 aromatic carbocycles. The lowest BCUT2D eigenvalue weighted by atomic mass is 9.84. The van der Waals surface area contributed by atoms with Gasteiger partial charge in [0, 0.05) is 18.0 Å². The third-order valence-electron chi connectivity index (χ3n) is 4.58. The molecule has 2 aromatic rings. The van der Waals surface area contributed by atoms with E-state index in [1.165, 1.54) is 28.7 Å². The second-order valence-corrected chi connectivity index (χ2v) is 7.96. The quantitative estimate of drug-likeness (QED) is 0.809. The van der Waals surface area contributed by atoms with Crippen LogP contribution in [0.2, 0.25) is 0 Å². The second kappa shape index (κ2) is 4.92. The van der Waals surface area contributed by atoms with Crippen LogP contribution < -0.4 is 4.90 Å². The summed E-state index contributed by atoms with van der Waals surface area (Å²) in [4.78, 5) is 14.1. The summed E-state index contributed by atoms with van der Waals surface area (Å²) in [5.74, 6) is 1.15. The molecule has 4 rings (SSSR count). The van der Waals surface area contributed by atoms with Crippen molar-refractivity contribution in [2.45, 2.75) is 39.7 Å². The summed E-state index contributed by atoms with van der Waals surface area (Å²) in [6.07, 6.45) is 5.26. The van der Waals surface area contributed by atoms with E-state index in [0.717, 1.165) is 43.4 Å². The van der Waals surface area contributed by atoms with Crippen LogP contribution in [0.15, 0.2) is 6.33 Å². The van der Waals surface area contributed by atoms with Crippen molar-refractivity contribution in [2.75, 3.05) is 24.6 Å². The Bertz CT molecular complexity index is 679. The van der Waals surface area contributed by atoms with Gasteiger partial charge in [0.1, 0.15) is 17.0 Å². The van der Waals surface area contributed by atoms with Gasteiger partial charge in [0.15, 0.2) is 0 Å². The molecule has 21 heavy (non-hydrogen) atoms. The Morgan fingerprint density at radius 3 is 3.10 bits per heavy atom. The van der Waals surface area contributed by atoms with Crippen LogP contribution in [0.4, 0.5) is 5.82 Å². The Balaban J connectivity index is 1.83. The van der Waals surface area contributed by atoms with Crippen molar-refractivity contribution in [3.63, 3.8) is 0 Å². The van der Waals surface area contributed by atoms with Crippen molar-refractivity contribution >= 4 is 27.4 Å². The zero-order valence-corrected chi connectivity index (χ0v) is 13.5. The first-order valence-corrected chi connectivity index (χ1v) is 8.54. The van der Waals surface area contributed by atoms with Crippen LogP contribution in [0.25, 0.3) is 10.2 Å². The minimum Gasteiger partial charge on any atom is -0.376 e. The first-order chi connectivity index (χ1) is 10.1. The van der Waals surface area contributed by atoms with Crippen molar-refractivity contribution < 1.29 is 4.74 Å². The van der Waals surface area contributed by atoms with Gasteiger partial charge in [-0.05, 0) is 30.2 Å². The molecule has 1 saturated heterocycles. The fourth-order valence-electron chi connectivity index (χ4n) is 3.58. The van der Waals surface area contributed by atoms with Gasteiger partial charge in [-0.2, -0.15) is 0 Å². The standard InChI is InChI=1S/C16H21N3OS/c1-16(2)5-3-6-19(9-16)14-13-11-4-7-20-8-12(11)21-15(13)18-10-17-14/h10H,3-9H2,1-2H3. The van der Waals surface area contributed by atoms with E-state index < -0.39 is 0 Å². The van der Waals surface area contributed by atoms with Crippen LogP contribution in [0.3, 0.4) is 0 Å². The number of hydrogen-bond donors (Lipinski definition) is 0. The molecule has 112 valence electrons. The molecule has 0 N–H and O–H groups in total. The lowest BCUT2D eigenvalue weighted by molar-refractivity contribution is 0.114. The SMILES string of the molecule is CC1(C)CCCN(c2ncnc3sc4c(c23)CCOC4)C1. The fourth-order valence-corrected chi connectivity index (χ4v) is 4.70. The van der Waals surface area contributed by atoms with E-state index in [-0.39, 0.29) is 0 Å². The molecule has 2 aromatic heterocycles. The zero-order valence-electron chi connectivity index (χ0n) is 12.7. The summed E-state index contributed by atoms with van der Waals surface area (Å²) in [6.45, 7) is 8.46. The maximum absolute atomic E-state index is 5.59. The van der Waals surface area contributed by atoms with Gasteiger partial charge in [0.25, 0.3) is 0 Å². The number of thiophene rings is 1. The number of hydrogen-bond acceptors (Lipinski definition) is 5. The van der Waals surface area contributed by atoms with E-state index in [9.17, 15) is 0 Å². The molecule has 0 atom stereocenters. The van der Waals surface area contributed by atoms with E-state index in [1.807, 2.05) is 0 Å². The summed E-state index contributed by atoms with van der Waals surface area (Å²) in [5.41, 5.74) is 1.80. The van der Waals surface area contributed by atoms with Gasteiger partial charge in [0.2, 0.25) is 0 Å². The number of nitrogens with zero attached hydrogens (tertiary/aromatic N) is 3. The van der Waals surface area contributed by atoms with Crippen molar-refractivity contribution in [1.29, 1.82) is 0 Å². The van der Waals surface area contributed by atoms with Crippen LogP contribution >= 0.6 is 11.3 Å². The van der Waals surface area contributed by atoms with Gasteiger partial charge in [-0.3, -0.25) is 0 Å². The summed E-state index contributed by atoms with van der Waals surface area (Å²) in [6, 6.07) is 0. The van der Waals surface area contributed by atoms with Gasteiger partial charge in [-0.25, -0.2) is 9.97 Å². The highest BCUT2D eigenvalue weighted by Crippen LogP contribution is 2.40. The Hall–Kier alpha value is -1.20. The summed E-state index contributed by atoms with van der Waals surface area (Å²) < 4.78 is 5.59. The lowest BCUT2D eigenvalue weighted by Gasteiger charge is -2.39. The maximum Gasteiger partial charge on any atom is 0.141 e. The predicted octanol–water partition coefficient (Wildman–Crippen LogP) is 3.39. The maximum atomic E-state index is 5.59. The normalized spacial score (nSPS) is 21.5. The van der Waals surface area contributed by atoms with Crippen LogP contribution in [0.1, 0.15) is 37.1 Å². The summed E-state index contributed by atoms with van der Waals surface area (Å²) >= 11 is 1.78. The molecule has 2 aliphatic heterocycles. The van der Waals surface area contributed by atoms with Crippen LogP contribution in [-0.4, -0.2) is 29.7 Å². The molecule has 0 spiro atoms. The van der Waals surface area contributed by atoms with E-state index >= 15 is 0 Å². The van der Waals surface area contributed by atoms with Gasteiger partial charge in [0.05, 0.1) is 18.6 Å². The lowest BCUT2D eigenvalue weighted by Crippen LogP contribution is -2.40. The Labute approximate surface area is 129 Å². The van der Waals surface area contributed by atoms with Crippen LogP contribution in [0.5, 0.6) is 0 Å². The minimum absolute atomic E-state index is 0.370. The number of ether oxygens (including phenoxy) is 1. The number of fused-ring (bicyclic) bond motifs is 3. The highest BCUT2D eigenvalue weighted by Gasteiger charge is 2.29. The molecule has 0 unspecified atom stereocenters. The van der Waals surface area contributed by atoms with E-state index in [0.29, 0.717) is 5.41 Å². The molecule has 2 aliphatic rings. The average molecular weight is 303 g/mol. The number of aromatic nitrogens is 2. The minimum atomic E-state index is 0.370. The molecule has 0 bridgehead atoms. The monoisotopic (exact) mass is 303 g/mol. The van der Waals surface area contributed by atoms with Crippen molar-refractivity contribution in [3.8, 4) is 0 Å². The van der Waals surface area contributed by atoms with Crippen molar-refractivity contribution in [3.05, 3.63) is 16.8 Å². The highest BCUT2D eigenvalue weighted by molar-refractivity contribution is 7.18. The molecule has 4 heterocycles. The number of anilines is 1. The van der Waals surface area contributed by atoms with Gasteiger partial charge < -0.3 is 9.64 Å². The summed E-state index contributed by atoms with van der Waals surface area (Å²) in [7, 11) is 0. The highest BCUT2D eigenvalue weighted by atomic mass is 32.1. The van der Waals surface area contributed by atoms with Crippen LogP contribution in [0, 0.1) is 5.41 Å². The molecule has 5 heteroatoms. The molecule has 0 aliphatic carbocycles. The molecule has 0 radical (unpaired) electrons. The number of piperidine rings is 1. The molecular formula is C16H21N3OS. The fraction of sp³-hybridized carbons (Fsp3) is 0.625. The molecule has 1 fully saturated rings. The third-order valence-corrected chi connectivity index (χ3v) is 5.69. The predicted molar refractivity (Wildman–Crippen MR) is 86.0 cm³/mol. The Morgan fingerprint density at radius 1 is 1.33 bits per heavy atom. The number of rotatable bonds is 1. The van der Waals surface area contributed by atoms with Crippen molar-refractivity contribution in [2.24, 2.45) is 5.41 Å².